The van der Waals surface area contributed by atoms with Crippen LogP contribution >= 0.6 is 0 Å². The lowest BCUT2D eigenvalue weighted by molar-refractivity contribution is -0.140. The molecule has 33 heavy (non-hydrogen) atoms. The van der Waals surface area contributed by atoms with Crippen molar-refractivity contribution in [1.82, 2.24) is 10.2 Å². The Labute approximate surface area is 195 Å². The molecule has 1 N–H and O–H groups in total. The van der Waals surface area contributed by atoms with Crippen LogP contribution < -0.4 is 19.1 Å². The van der Waals surface area contributed by atoms with Gasteiger partial charge in [-0.15, -0.1) is 0 Å². The number of carbonyl (C=O) groups excluding carboxylic acids is 2. The molecule has 2 aromatic carbocycles. The van der Waals surface area contributed by atoms with Crippen LogP contribution in [0, 0.1) is 0 Å². The first-order valence-corrected chi connectivity index (χ1v) is 12.2. The minimum atomic E-state index is -3.80. The fourth-order valence-corrected chi connectivity index (χ4v) is 4.27. The van der Waals surface area contributed by atoms with Gasteiger partial charge in [0.05, 0.1) is 26.2 Å². The van der Waals surface area contributed by atoms with Crippen molar-refractivity contribution < 1.29 is 27.5 Å². The van der Waals surface area contributed by atoms with Crippen molar-refractivity contribution in [1.29, 1.82) is 0 Å². The number of nitrogens with zero attached hydrogens (tertiary/aromatic N) is 2. The van der Waals surface area contributed by atoms with Crippen LogP contribution in [0.1, 0.15) is 18.9 Å². The molecule has 0 saturated heterocycles. The molecule has 0 saturated carbocycles. The molecule has 10 heteroatoms. The van der Waals surface area contributed by atoms with Gasteiger partial charge in [0.25, 0.3) is 0 Å². The molecule has 0 aromatic heterocycles. The van der Waals surface area contributed by atoms with Gasteiger partial charge in [-0.05, 0) is 36.2 Å². The molecule has 0 bridgehead atoms. The van der Waals surface area contributed by atoms with Crippen molar-refractivity contribution in [3.8, 4) is 11.5 Å². The van der Waals surface area contributed by atoms with Crippen molar-refractivity contribution in [3.05, 3.63) is 54.1 Å². The molecule has 2 aromatic rings. The highest BCUT2D eigenvalue weighted by atomic mass is 32.2. The molecule has 0 radical (unpaired) electrons. The zero-order valence-electron chi connectivity index (χ0n) is 19.6. The van der Waals surface area contributed by atoms with Crippen LogP contribution in [0.2, 0.25) is 0 Å². The molecule has 0 spiro atoms. The number of nitrogens with one attached hydrogen (secondary N) is 1. The maximum atomic E-state index is 13.5. The number of hydrogen-bond acceptors (Lipinski definition) is 6. The topological polar surface area (TPSA) is 105 Å². The van der Waals surface area contributed by atoms with Crippen molar-refractivity contribution in [2.24, 2.45) is 0 Å². The van der Waals surface area contributed by atoms with Crippen LogP contribution in [0.15, 0.2) is 48.5 Å². The fourth-order valence-electron chi connectivity index (χ4n) is 3.43. The number of sulfonamides is 1. The van der Waals surface area contributed by atoms with Crippen LogP contribution in [0.25, 0.3) is 0 Å². The van der Waals surface area contributed by atoms with Gasteiger partial charge in [-0.2, -0.15) is 0 Å². The summed E-state index contributed by atoms with van der Waals surface area (Å²) in [5.74, 6) is 0.225. The van der Waals surface area contributed by atoms with E-state index in [4.69, 9.17) is 9.47 Å². The Kier molecular flexibility index (Phi) is 9.10. The highest BCUT2D eigenvalue weighted by Gasteiger charge is 2.31. The Morgan fingerprint density at radius 3 is 2.18 bits per heavy atom. The lowest BCUT2D eigenvalue weighted by Gasteiger charge is -2.32. The molecule has 1 atom stereocenters. The zero-order valence-corrected chi connectivity index (χ0v) is 20.4. The van der Waals surface area contributed by atoms with Crippen LogP contribution in [0.4, 0.5) is 5.69 Å². The van der Waals surface area contributed by atoms with Crippen molar-refractivity contribution in [3.63, 3.8) is 0 Å². The second-order valence-electron chi connectivity index (χ2n) is 7.38. The van der Waals surface area contributed by atoms with Gasteiger partial charge in [0.1, 0.15) is 24.1 Å². The standard InChI is InChI=1S/C23H31N3O6S/c1-6-21(23(28)24-2)25(15-17-9-7-11-19(13-17)31-3)22(27)16-26(33(5,29)30)18-10-8-12-20(14-18)32-4/h7-14,21H,6,15-16H2,1-5H3,(H,24,28)/t21-/m1/s1. The Balaban J connectivity index is 2.44. The first kappa shape index (κ1) is 26.0. The summed E-state index contributed by atoms with van der Waals surface area (Å²) in [5.41, 5.74) is 1.04. The molecule has 0 aliphatic carbocycles. The average Bonchev–Trinajstić information content (AvgIpc) is 2.81. The lowest BCUT2D eigenvalue weighted by Crippen LogP contribution is -2.51. The Morgan fingerprint density at radius 2 is 1.64 bits per heavy atom. The van der Waals surface area contributed by atoms with Gasteiger partial charge in [0.15, 0.2) is 0 Å². The van der Waals surface area contributed by atoms with Gasteiger partial charge >= 0.3 is 0 Å². The molecular weight excluding hydrogens is 446 g/mol. The third-order valence-electron chi connectivity index (χ3n) is 5.14. The zero-order chi connectivity index (χ0) is 24.6. The number of carbonyl (C=O) groups is 2. The second kappa shape index (κ2) is 11.6. The summed E-state index contributed by atoms with van der Waals surface area (Å²) in [5, 5.41) is 2.58. The largest absolute Gasteiger partial charge is 0.497 e. The molecule has 0 heterocycles. The monoisotopic (exact) mass is 477 g/mol. The maximum Gasteiger partial charge on any atom is 0.244 e. The third kappa shape index (κ3) is 6.85. The predicted octanol–water partition coefficient (Wildman–Crippen LogP) is 2.02. The SMILES string of the molecule is CC[C@H](C(=O)NC)N(Cc1cccc(OC)c1)C(=O)CN(c1cccc(OC)c1)S(C)(=O)=O. The number of ether oxygens (including phenoxy) is 2. The Hall–Kier alpha value is -3.27. The number of methoxy groups -OCH3 is 2. The van der Waals surface area contributed by atoms with Crippen LogP contribution in [0.5, 0.6) is 11.5 Å². The Bertz CT molecular complexity index is 1070. The Morgan fingerprint density at radius 1 is 1.03 bits per heavy atom. The van der Waals surface area contributed by atoms with Gasteiger partial charge < -0.3 is 19.7 Å². The summed E-state index contributed by atoms with van der Waals surface area (Å²) in [7, 11) is 0.708. The van der Waals surface area contributed by atoms with E-state index in [0.717, 1.165) is 16.1 Å². The third-order valence-corrected chi connectivity index (χ3v) is 6.28. The summed E-state index contributed by atoms with van der Waals surface area (Å²) in [4.78, 5) is 27.4. The molecule has 2 rings (SSSR count). The summed E-state index contributed by atoms with van der Waals surface area (Å²) >= 11 is 0. The smallest absolute Gasteiger partial charge is 0.244 e. The van der Waals surface area contributed by atoms with E-state index in [9.17, 15) is 18.0 Å². The molecule has 0 unspecified atom stereocenters. The van der Waals surface area contributed by atoms with Gasteiger partial charge in [0.2, 0.25) is 21.8 Å². The van der Waals surface area contributed by atoms with E-state index in [1.807, 2.05) is 6.07 Å². The number of rotatable bonds is 11. The molecule has 0 fully saturated rings. The summed E-state index contributed by atoms with van der Waals surface area (Å²) < 4.78 is 36.6. The van der Waals surface area contributed by atoms with Crippen molar-refractivity contribution in [2.45, 2.75) is 25.9 Å². The fraction of sp³-hybridized carbons (Fsp3) is 0.391. The number of anilines is 1. The summed E-state index contributed by atoms with van der Waals surface area (Å²) in [6.07, 6.45) is 1.38. The molecule has 0 aliphatic heterocycles. The highest BCUT2D eigenvalue weighted by molar-refractivity contribution is 7.92. The van der Waals surface area contributed by atoms with E-state index in [-0.39, 0.29) is 12.5 Å². The number of likely N-dealkylation sites (N-methyl/N-ethyl adjacent to an activating group) is 1. The van der Waals surface area contributed by atoms with Crippen molar-refractivity contribution in [2.75, 3.05) is 38.4 Å². The van der Waals surface area contributed by atoms with Gasteiger partial charge in [0, 0.05) is 19.7 Å². The highest BCUT2D eigenvalue weighted by Crippen LogP contribution is 2.24. The molecule has 2 amide bonds. The second-order valence-corrected chi connectivity index (χ2v) is 9.29. The van der Waals surface area contributed by atoms with E-state index in [1.165, 1.54) is 25.1 Å². The van der Waals surface area contributed by atoms with E-state index in [2.05, 4.69) is 5.32 Å². The van der Waals surface area contributed by atoms with Gasteiger partial charge in [-0.1, -0.05) is 25.1 Å². The van der Waals surface area contributed by atoms with E-state index in [0.29, 0.717) is 23.6 Å². The molecule has 0 aliphatic rings. The molecular formula is C23H31N3O6S. The van der Waals surface area contributed by atoms with E-state index >= 15 is 0 Å². The van der Waals surface area contributed by atoms with Crippen LogP contribution in [-0.2, 0) is 26.2 Å². The van der Waals surface area contributed by atoms with Crippen LogP contribution in [-0.4, -0.2) is 65.2 Å². The van der Waals surface area contributed by atoms with Crippen LogP contribution in [0.3, 0.4) is 0 Å². The molecule has 9 nitrogen and oxygen atoms in total. The van der Waals surface area contributed by atoms with Gasteiger partial charge in [-0.3, -0.25) is 13.9 Å². The minimum absolute atomic E-state index is 0.109. The normalized spacial score (nSPS) is 11.9. The predicted molar refractivity (Wildman–Crippen MR) is 127 cm³/mol. The summed E-state index contributed by atoms with van der Waals surface area (Å²) in [6, 6.07) is 12.8. The first-order valence-electron chi connectivity index (χ1n) is 10.4. The quantitative estimate of drug-likeness (QED) is 0.531. The number of benzene rings is 2. The number of amides is 2. The number of hydrogen-bond donors (Lipinski definition) is 1. The average molecular weight is 478 g/mol. The summed E-state index contributed by atoms with van der Waals surface area (Å²) in [6.45, 7) is 1.43. The molecule has 180 valence electrons. The van der Waals surface area contributed by atoms with Crippen molar-refractivity contribution >= 4 is 27.5 Å². The maximum absolute atomic E-state index is 13.5. The van der Waals surface area contributed by atoms with E-state index in [1.54, 1.807) is 50.4 Å². The minimum Gasteiger partial charge on any atom is -0.497 e. The lowest BCUT2D eigenvalue weighted by atomic mass is 10.1. The first-order chi connectivity index (χ1) is 15.6. The van der Waals surface area contributed by atoms with Gasteiger partial charge in [-0.25, -0.2) is 8.42 Å². The van der Waals surface area contributed by atoms with E-state index < -0.39 is 28.5 Å².